The van der Waals surface area contributed by atoms with Crippen molar-refractivity contribution in [3.63, 3.8) is 0 Å². The summed E-state index contributed by atoms with van der Waals surface area (Å²) in [6.45, 7) is 0. The third kappa shape index (κ3) is 189. The number of halogens is 1. The molecule has 0 saturated carbocycles. The standard InChI is InChI=1S/Ca.ClHO.Mg.H2O4S.H2O.4H/c;1-2;;1-5(2,3)4;;;;;/h;2H;;(H2,1,2,3,4);1H2;;;;/q+2;;+2;;;4*-1. The normalized spacial score (nSPS) is 6.40. The first kappa shape index (κ1) is 29.6. The van der Waals surface area contributed by atoms with Crippen LogP contribution >= 0.6 is 11.9 Å². The molecule has 5 N–H and O–H groups in total. The van der Waals surface area contributed by atoms with Crippen molar-refractivity contribution in [1.82, 2.24) is 0 Å². The fourth-order valence-electron chi connectivity index (χ4n) is 0. The van der Waals surface area contributed by atoms with Gasteiger partial charge in [-0.2, -0.15) is 8.42 Å². The Hall–Kier alpha value is 2.11. The minimum atomic E-state index is -4.67. The van der Waals surface area contributed by atoms with E-state index in [1.54, 1.807) is 0 Å². The van der Waals surface area contributed by atoms with Crippen LogP contribution in [0.3, 0.4) is 0 Å². The van der Waals surface area contributed by atoms with Crippen molar-refractivity contribution < 1.29 is 33.4 Å². The van der Waals surface area contributed by atoms with Crippen LogP contribution in [0.2, 0.25) is 0 Å². The van der Waals surface area contributed by atoms with Gasteiger partial charge in [-0.05, 0) is 0 Å². The largest absolute Gasteiger partial charge is 2.00 e. The average molecular weight is 237 g/mol. The van der Waals surface area contributed by atoms with Crippen molar-refractivity contribution >= 4 is 83.1 Å². The van der Waals surface area contributed by atoms with Gasteiger partial charge in [0, 0.05) is 0 Å². The molecule has 0 aromatic heterocycles. The second-order valence-electron chi connectivity index (χ2n) is 0.448. The minimum Gasteiger partial charge on any atom is -1.00 e. The van der Waals surface area contributed by atoms with Gasteiger partial charge in [0.15, 0.2) is 0 Å². The molecule has 6 nitrogen and oxygen atoms in total. The van der Waals surface area contributed by atoms with Gasteiger partial charge in [0.2, 0.25) is 0 Å². The Kier molecular flexibility index (Phi) is 51.0. The summed E-state index contributed by atoms with van der Waals surface area (Å²) in [7, 11) is -4.67. The zero-order valence-corrected chi connectivity index (χ0v) is 10.1. The van der Waals surface area contributed by atoms with Gasteiger partial charge in [0.05, 0.1) is 11.9 Å². The molecule has 0 spiro atoms. The van der Waals surface area contributed by atoms with E-state index >= 15 is 0 Å². The molecule has 0 bridgehead atoms. The summed E-state index contributed by atoms with van der Waals surface area (Å²) in [6, 6.07) is 0. The predicted molar refractivity (Wildman–Crippen MR) is 41.8 cm³/mol. The Balaban J connectivity index is -0.00000000377. The van der Waals surface area contributed by atoms with Gasteiger partial charge < -0.3 is 11.2 Å². The van der Waals surface area contributed by atoms with E-state index in [1.165, 1.54) is 0 Å². The Morgan fingerprint density at radius 3 is 1.20 bits per heavy atom. The second kappa shape index (κ2) is 17.3. The molecule has 10 heteroatoms. The Bertz CT molecular complexity index is 113. The van der Waals surface area contributed by atoms with Crippen molar-refractivity contribution in [2.24, 2.45) is 0 Å². The molecule has 0 atom stereocenters. The van der Waals surface area contributed by atoms with Crippen molar-refractivity contribution in [2.75, 3.05) is 0 Å². The molecule has 62 valence electrons. The molecule has 0 aliphatic rings. The third-order valence-electron chi connectivity index (χ3n) is 0. The van der Waals surface area contributed by atoms with Gasteiger partial charge in [-0.15, -0.1) is 0 Å². The molecule has 0 rings (SSSR count). The van der Waals surface area contributed by atoms with Gasteiger partial charge in [-0.3, -0.25) is 13.8 Å². The van der Waals surface area contributed by atoms with Crippen LogP contribution in [-0.4, -0.2) is 88.4 Å². The van der Waals surface area contributed by atoms with E-state index in [2.05, 4.69) is 11.9 Å². The maximum atomic E-state index is 8.74. The maximum Gasteiger partial charge on any atom is 2.00 e. The van der Waals surface area contributed by atoms with Crippen molar-refractivity contribution in [1.29, 1.82) is 0 Å². The van der Waals surface area contributed by atoms with E-state index in [4.69, 9.17) is 22.2 Å². The van der Waals surface area contributed by atoms with Gasteiger partial charge in [-0.1, -0.05) is 0 Å². The predicted octanol–water partition coefficient (Wildman–Crippen LogP) is -1.66. The van der Waals surface area contributed by atoms with Crippen molar-refractivity contribution in [2.45, 2.75) is 0 Å². The fourth-order valence-corrected chi connectivity index (χ4v) is 0. The summed E-state index contributed by atoms with van der Waals surface area (Å²) in [5.41, 5.74) is 0. The van der Waals surface area contributed by atoms with E-state index in [0.29, 0.717) is 0 Å². The third-order valence-corrected chi connectivity index (χ3v) is 0. The molecule has 10 heavy (non-hydrogen) atoms. The quantitative estimate of drug-likeness (QED) is 0.343. The average Bonchev–Trinajstić information content (AvgIpc) is 1.36. The molecular weight excluding hydrogens is 228 g/mol. The van der Waals surface area contributed by atoms with E-state index in [1.807, 2.05) is 0 Å². The summed E-state index contributed by atoms with van der Waals surface area (Å²) in [6.07, 6.45) is 0. The van der Waals surface area contributed by atoms with Crippen LogP contribution in [0.5, 0.6) is 0 Å². The van der Waals surface area contributed by atoms with E-state index in [-0.39, 0.29) is 72.0 Å². The smallest absolute Gasteiger partial charge is 1.00 e. The summed E-state index contributed by atoms with van der Waals surface area (Å²) < 4.78 is 38.1. The van der Waals surface area contributed by atoms with Gasteiger partial charge in [0.25, 0.3) is 0 Å². The zero-order chi connectivity index (χ0) is 6.50. The molecule has 0 radical (unpaired) electrons. The van der Waals surface area contributed by atoms with Gasteiger partial charge >= 0.3 is 71.2 Å². The fraction of sp³-hybridized carbons (Fsp3) is 0. The monoisotopic (exact) mass is 236 g/mol. The second-order valence-corrected chi connectivity index (χ2v) is 1.34. The Morgan fingerprint density at radius 1 is 1.20 bits per heavy atom. The topological polar surface area (TPSA) is 126 Å². The van der Waals surface area contributed by atoms with E-state index in [0.717, 1.165) is 0 Å². The molecule has 0 fully saturated rings. The molecule has 0 aromatic rings. The number of hydrogen-bond donors (Lipinski definition) is 3. The molecule has 0 aromatic carbocycles. The van der Waals surface area contributed by atoms with Crippen LogP contribution in [-0.2, 0) is 10.4 Å². The molecule has 0 aliphatic carbocycles. The summed E-state index contributed by atoms with van der Waals surface area (Å²) in [5.74, 6) is 0. The molecule has 0 saturated heterocycles. The SMILES string of the molecule is O.O=S(=O)(O)O.OCl.[Ca+2].[H-].[H-].[H-].[H-].[Mg+2]. The van der Waals surface area contributed by atoms with Gasteiger partial charge in [-0.25, -0.2) is 0 Å². The molecular formula is H9CaClMgO6S. The van der Waals surface area contributed by atoms with Gasteiger partial charge in [0.1, 0.15) is 0 Å². The molecule has 0 aliphatic heterocycles. The molecule has 0 heterocycles. The van der Waals surface area contributed by atoms with Crippen molar-refractivity contribution in [3.05, 3.63) is 0 Å². The van der Waals surface area contributed by atoms with Crippen LogP contribution in [0, 0.1) is 0 Å². The number of hydrogen-bond acceptors (Lipinski definition) is 3. The van der Waals surface area contributed by atoms with E-state index in [9.17, 15) is 0 Å². The van der Waals surface area contributed by atoms with Crippen LogP contribution in [0.4, 0.5) is 0 Å². The minimum absolute atomic E-state index is 0. The maximum absolute atomic E-state index is 8.74. The van der Waals surface area contributed by atoms with Crippen LogP contribution in [0.15, 0.2) is 0 Å². The van der Waals surface area contributed by atoms with Crippen LogP contribution < -0.4 is 0 Å². The summed E-state index contributed by atoms with van der Waals surface area (Å²) >= 11 is 3.64. The molecule has 0 amide bonds. The van der Waals surface area contributed by atoms with Crippen LogP contribution in [0.1, 0.15) is 5.71 Å². The first-order chi connectivity index (χ1) is 3.00. The summed E-state index contributed by atoms with van der Waals surface area (Å²) in [4.78, 5) is 0. The zero-order valence-electron chi connectivity index (χ0n) is 8.86. The molecule has 0 unspecified atom stereocenters. The van der Waals surface area contributed by atoms with Crippen LogP contribution in [0.25, 0.3) is 0 Å². The first-order valence-corrected chi connectivity index (χ1v) is 2.60. The van der Waals surface area contributed by atoms with Crippen molar-refractivity contribution in [3.8, 4) is 0 Å². The Labute approximate surface area is 115 Å². The first-order valence-electron chi connectivity index (χ1n) is 0.868. The number of rotatable bonds is 0. The van der Waals surface area contributed by atoms with E-state index < -0.39 is 10.4 Å². The Morgan fingerprint density at radius 2 is 1.20 bits per heavy atom. The summed E-state index contributed by atoms with van der Waals surface area (Å²) in [5, 5.41) is 0.